The summed E-state index contributed by atoms with van der Waals surface area (Å²) in [5, 5.41) is 0. The van der Waals surface area contributed by atoms with Crippen molar-refractivity contribution in [2.75, 3.05) is 26.7 Å². The highest BCUT2D eigenvalue weighted by Gasteiger charge is 2.11. The van der Waals surface area contributed by atoms with Gasteiger partial charge in [-0.2, -0.15) is 0 Å². The first-order chi connectivity index (χ1) is 11.0. The smallest absolute Gasteiger partial charge is 0.222 e. The number of ether oxygens (including phenoxy) is 1. The number of allylic oxidation sites excluding steroid dienone is 3. The fraction of sp³-hybridized carbons (Fsp3) is 0.579. The SMILES string of the molecule is C#C/C(=C\C(=NCC)C(=C)CCCN(CCC)C(=O)CC)OC. The van der Waals surface area contributed by atoms with E-state index < -0.39 is 0 Å². The molecule has 0 aromatic carbocycles. The molecule has 0 aliphatic heterocycles. The van der Waals surface area contributed by atoms with Crippen LogP contribution in [0.2, 0.25) is 0 Å². The highest BCUT2D eigenvalue weighted by atomic mass is 16.5. The molecule has 0 spiro atoms. The van der Waals surface area contributed by atoms with Crippen molar-refractivity contribution in [1.29, 1.82) is 0 Å². The van der Waals surface area contributed by atoms with E-state index in [1.807, 2.05) is 18.7 Å². The van der Waals surface area contributed by atoms with E-state index in [9.17, 15) is 4.79 Å². The van der Waals surface area contributed by atoms with Crippen molar-refractivity contribution in [1.82, 2.24) is 4.90 Å². The minimum Gasteiger partial charge on any atom is -0.489 e. The largest absolute Gasteiger partial charge is 0.489 e. The van der Waals surface area contributed by atoms with E-state index in [0.717, 1.165) is 43.6 Å². The predicted octanol–water partition coefficient (Wildman–Crippen LogP) is 3.60. The number of hydrogen-bond donors (Lipinski definition) is 0. The van der Waals surface area contributed by atoms with Gasteiger partial charge in [-0.3, -0.25) is 9.79 Å². The zero-order valence-electron chi connectivity index (χ0n) is 15.0. The molecule has 0 saturated carbocycles. The van der Waals surface area contributed by atoms with Crippen LogP contribution in [0, 0.1) is 12.3 Å². The van der Waals surface area contributed by atoms with Crippen LogP contribution in [0.15, 0.2) is 29.0 Å². The third-order valence-electron chi connectivity index (χ3n) is 3.38. The summed E-state index contributed by atoms with van der Waals surface area (Å²) in [6.45, 7) is 12.2. The molecule has 0 aromatic heterocycles. The lowest BCUT2D eigenvalue weighted by Gasteiger charge is -2.21. The van der Waals surface area contributed by atoms with Gasteiger partial charge in [0.25, 0.3) is 0 Å². The number of aliphatic imine (C=N–C) groups is 1. The molecule has 0 aromatic rings. The van der Waals surface area contributed by atoms with Crippen LogP contribution < -0.4 is 0 Å². The van der Waals surface area contributed by atoms with Gasteiger partial charge in [0, 0.05) is 32.1 Å². The lowest BCUT2D eigenvalue weighted by molar-refractivity contribution is -0.130. The van der Waals surface area contributed by atoms with Crippen LogP contribution in [0.5, 0.6) is 0 Å². The summed E-state index contributed by atoms with van der Waals surface area (Å²) >= 11 is 0. The third kappa shape index (κ3) is 8.25. The molecule has 128 valence electrons. The molecule has 0 N–H and O–H groups in total. The van der Waals surface area contributed by atoms with Gasteiger partial charge in [-0.05, 0) is 37.7 Å². The van der Waals surface area contributed by atoms with E-state index in [0.29, 0.717) is 18.7 Å². The van der Waals surface area contributed by atoms with Crippen LogP contribution in [0.1, 0.15) is 46.5 Å². The molecule has 0 aliphatic rings. The maximum Gasteiger partial charge on any atom is 0.222 e. The third-order valence-corrected chi connectivity index (χ3v) is 3.38. The first-order valence-corrected chi connectivity index (χ1v) is 8.26. The Hall–Kier alpha value is -2.02. The minimum atomic E-state index is 0.203. The van der Waals surface area contributed by atoms with E-state index >= 15 is 0 Å². The molecule has 0 fully saturated rings. The van der Waals surface area contributed by atoms with Gasteiger partial charge in [-0.25, -0.2) is 0 Å². The second-order valence-electron chi connectivity index (χ2n) is 5.16. The Morgan fingerprint density at radius 3 is 2.52 bits per heavy atom. The van der Waals surface area contributed by atoms with Gasteiger partial charge in [-0.1, -0.05) is 20.4 Å². The van der Waals surface area contributed by atoms with Crippen LogP contribution in [-0.2, 0) is 9.53 Å². The maximum atomic E-state index is 11.9. The molecule has 0 atom stereocenters. The van der Waals surface area contributed by atoms with Crippen LogP contribution in [0.25, 0.3) is 0 Å². The van der Waals surface area contributed by atoms with Crippen molar-refractivity contribution < 1.29 is 9.53 Å². The average molecular weight is 318 g/mol. The molecule has 0 bridgehead atoms. The number of nitrogens with zero attached hydrogens (tertiary/aromatic N) is 2. The van der Waals surface area contributed by atoms with Gasteiger partial charge >= 0.3 is 0 Å². The maximum absolute atomic E-state index is 11.9. The summed E-state index contributed by atoms with van der Waals surface area (Å²) < 4.78 is 5.10. The molecule has 0 heterocycles. The van der Waals surface area contributed by atoms with Crippen molar-refractivity contribution in [2.45, 2.75) is 46.5 Å². The Labute approximate surface area is 141 Å². The molecule has 4 heteroatoms. The summed E-state index contributed by atoms with van der Waals surface area (Å²) in [5.74, 6) is 3.11. The number of carbonyl (C=O) groups is 1. The van der Waals surface area contributed by atoms with Gasteiger partial charge in [-0.15, -0.1) is 6.42 Å². The zero-order valence-corrected chi connectivity index (χ0v) is 15.0. The molecule has 0 unspecified atom stereocenters. The topological polar surface area (TPSA) is 41.9 Å². The molecule has 1 amide bonds. The molecular weight excluding hydrogens is 288 g/mol. The quantitative estimate of drug-likeness (QED) is 0.332. The summed E-state index contributed by atoms with van der Waals surface area (Å²) in [4.78, 5) is 18.2. The standard InChI is InChI=1S/C19H30N2O2/c1-7-13-21(19(22)9-3)14-11-12-16(5)18(20-10-4)15-17(8-2)23-6/h2,15H,5,7,9-14H2,1,3-4,6H3/b17-15+,20-18?. The normalized spacial score (nSPS) is 11.8. The fourth-order valence-corrected chi connectivity index (χ4v) is 2.18. The Bertz CT molecular complexity index is 484. The van der Waals surface area contributed by atoms with E-state index in [1.165, 1.54) is 7.11 Å². The number of hydrogen-bond acceptors (Lipinski definition) is 3. The molecule has 0 saturated heterocycles. The van der Waals surface area contributed by atoms with E-state index in [1.54, 1.807) is 6.08 Å². The molecule has 0 rings (SSSR count). The van der Waals surface area contributed by atoms with Crippen molar-refractivity contribution in [3.63, 3.8) is 0 Å². The lowest BCUT2D eigenvalue weighted by Crippen LogP contribution is -2.32. The zero-order chi connectivity index (χ0) is 17.7. The van der Waals surface area contributed by atoms with Crippen molar-refractivity contribution in [3.05, 3.63) is 24.0 Å². The van der Waals surface area contributed by atoms with Gasteiger partial charge in [0.15, 0.2) is 5.76 Å². The number of carbonyl (C=O) groups excluding carboxylic acids is 1. The minimum absolute atomic E-state index is 0.203. The first kappa shape index (κ1) is 21.0. The van der Waals surface area contributed by atoms with E-state index in [4.69, 9.17) is 11.2 Å². The summed E-state index contributed by atoms with van der Waals surface area (Å²) in [7, 11) is 1.54. The Morgan fingerprint density at radius 2 is 2.04 bits per heavy atom. The highest BCUT2D eigenvalue weighted by molar-refractivity contribution is 6.08. The summed E-state index contributed by atoms with van der Waals surface area (Å²) in [6, 6.07) is 0. The lowest BCUT2D eigenvalue weighted by atomic mass is 10.1. The van der Waals surface area contributed by atoms with Gasteiger partial charge in [0.1, 0.15) is 0 Å². The number of terminal acetylenes is 1. The van der Waals surface area contributed by atoms with Crippen LogP contribution in [0.3, 0.4) is 0 Å². The predicted molar refractivity (Wildman–Crippen MR) is 97.4 cm³/mol. The first-order valence-electron chi connectivity index (χ1n) is 8.26. The van der Waals surface area contributed by atoms with Crippen LogP contribution >= 0.6 is 0 Å². The average Bonchev–Trinajstić information content (AvgIpc) is 2.56. The highest BCUT2D eigenvalue weighted by Crippen LogP contribution is 2.11. The Balaban J connectivity index is 4.71. The Morgan fingerprint density at radius 1 is 1.35 bits per heavy atom. The van der Waals surface area contributed by atoms with Crippen molar-refractivity contribution >= 4 is 11.6 Å². The number of rotatable bonds is 11. The monoisotopic (exact) mass is 318 g/mol. The number of amides is 1. The van der Waals surface area contributed by atoms with Crippen LogP contribution in [-0.4, -0.2) is 43.3 Å². The summed E-state index contributed by atoms with van der Waals surface area (Å²) in [6.07, 6.45) is 10.3. The van der Waals surface area contributed by atoms with Gasteiger partial charge < -0.3 is 9.64 Å². The molecule has 0 radical (unpaired) electrons. The van der Waals surface area contributed by atoms with Crippen LogP contribution in [0.4, 0.5) is 0 Å². The Kier molecular flexibility index (Phi) is 11.4. The van der Waals surface area contributed by atoms with E-state index in [2.05, 4.69) is 24.4 Å². The van der Waals surface area contributed by atoms with Gasteiger partial charge in [0.05, 0.1) is 12.8 Å². The molecule has 4 nitrogen and oxygen atoms in total. The number of methoxy groups -OCH3 is 1. The second kappa shape index (κ2) is 12.5. The summed E-state index contributed by atoms with van der Waals surface area (Å²) in [5.41, 5.74) is 1.68. The molecule has 23 heavy (non-hydrogen) atoms. The molecular formula is C19H30N2O2. The van der Waals surface area contributed by atoms with Crippen molar-refractivity contribution in [3.8, 4) is 12.3 Å². The fourth-order valence-electron chi connectivity index (χ4n) is 2.18. The van der Waals surface area contributed by atoms with Gasteiger partial charge in [0.2, 0.25) is 5.91 Å². The molecule has 0 aliphatic carbocycles. The van der Waals surface area contributed by atoms with Crippen molar-refractivity contribution in [2.24, 2.45) is 4.99 Å². The second-order valence-corrected chi connectivity index (χ2v) is 5.16. The van der Waals surface area contributed by atoms with E-state index in [-0.39, 0.29) is 5.91 Å².